The lowest BCUT2D eigenvalue weighted by atomic mass is 10.0. The van der Waals surface area contributed by atoms with Crippen LogP contribution in [0.4, 0.5) is 0 Å². The third-order valence-electron chi connectivity index (χ3n) is 3.76. The van der Waals surface area contributed by atoms with E-state index in [0.29, 0.717) is 22.4 Å². The van der Waals surface area contributed by atoms with Crippen molar-refractivity contribution >= 4 is 16.9 Å². The van der Waals surface area contributed by atoms with Gasteiger partial charge >= 0.3 is 5.97 Å². The van der Waals surface area contributed by atoms with Gasteiger partial charge in [-0.25, -0.2) is 4.79 Å². The number of carbonyl (C=O) groups excluding carboxylic acids is 1. The molecule has 3 aromatic rings. The Morgan fingerprint density at radius 3 is 2.54 bits per heavy atom. The highest BCUT2D eigenvalue weighted by Gasteiger charge is 2.10. The van der Waals surface area contributed by atoms with Crippen molar-refractivity contribution in [2.24, 2.45) is 0 Å². The Morgan fingerprint density at radius 2 is 1.83 bits per heavy atom. The van der Waals surface area contributed by atoms with Gasteiger partial charge in [-0.15, -0.1) is 5.10 Å². The van der Waals surface area contributed by atoms with Crippen LogP contribution in [-0.2, 0) is 11.5 Å². The van der Waals surface area contributed by atoms with E-state index in [4.69, 9.17) is 4.74 Å². The van der Waals surface area contributed by atoms with Crippen LogP contribution in [0.2, 0.25) is 0 Å². The zero-order valence-corrected chi connectivity index (χ0v) is 13.5. The quantitative estimate of drug-likeness (QED) is 0.690. The first-order valence-corrected chi connectivity index (χ1v) is 7.66. The Labute approximate surface area is 138 Å². The lowest BCUT2D eigenvalue weighted by Crippen LogP contribution is -2.26. The highest BCUT2D eigenvalue weighted by molar-refractivity contribution is 5.89. The van der Waals surface area contributed by atoms with Crippen LogP contribution in [0.1, 0.15) is 35.7 Å². The van der Waals surface area contributed by atoms with Gasteiger partial charge in [-0.3, -0.25) is 4.79 Å². The summed E-state index contributed by atoms with van der Waals surface area (Å²) in [6.45, 7) is 3.89. The van der Waals surface area contributed by atoms with E-state index < -0.39 is 5.97 Å². The zero-order valence-electron chi connectivity index (χ0n) is 13.5. The summed E-state index contributed by atoms with van der Waals surface area (Å²) in [5.74, 6) is -0.117. The number of hydrogen-bond donors (Lipinski definition) is 0. The average molecular weight is 323 g/mol. The first kappa shape index (κ1) is 15.9. The van der Waals surface area contributed by atoms with E-state index in [-0.39, 0.29) is 12.3 Å². The predicted molar refractivity (Wildman–Crippen MR) is 89.7 cm³/mol. The first-order chi connectivity index (χ1) is 11.6. The minimum absolute atomic E-state index is 0.276. The molecule has 1 heterocycles. The Balaban J connectivity index is 1.74. The SMILES string of the molecule is CC(C)c1ccc(C(=O)OCn2nnc3ccccc3c2=O)cc1. The molecule has 0 aliphatic heterocycles. The monoisotopic (exact) mass is 323 g/mol. The molecule has 6 heteroatoms. The molecule has 1 aromatic heterocycles. The largest absolute Gasteiger partial charge is 0.439 e. The van der Waals surface area contributed by atoms with Crippen molar-refractivity contribution in [3.63, 3.8) is 0 Å². The van der Waals surface area contributed by atoms with Crippen LogP contribution in [0.5, 0.6) is 0 Å². The maximum absolute atomic E-state index is 12.3. The van der Waals surface area contributed by atoms with Crippen LogP contribution in [-0.4, -0.2) is 21.0 Å². The van der Waals surface area contributed by atoms with Gasteiger partial charge in [0, 0.05) is 0 Å². The Kier molecular flexibility index (Phi) is 4.37. The summed E-state index contributed by atoms with van der Waals surface area (Å²) >= 11 is 0. The lowest BCUT2D eigenvalue weighted by Gasteiger charge is -2.08. The van der Waals surface area contributed by atoms with E-state index in [9.17, 15) is 9.59 Å². The minimum atomic E-state index is -0.507. The van der Waals surface area contributed by atoms with Crippen molar-refractivity contribution in [2.45, 2.75) is 26.5 Å². The molecule has 122 valence electrons. The molecule has 0 atom stereocenters. The average Bonchev–Trinajstić information content (AvgIpc) is 2.61. The number of benzene rings is 2. The number of carbonyl (C=O) groups is 1. The number of aromatic nitrogens is 3. The fraction of sp³-hybridized carbons (Fsp3) is 0.222. The van der Waals surface area contributed by atoms with Crippen molar-refractivity contribution in [1.29, 1.82) is 0 Å². The number of esters is 1. The van der Waals surface area contributed by atoms with Crippen LogP contribution in [0.15, 0.2) is 53.3 Å². The maximum atomic E-state index is 12.3. The van der Waals surface area contributed by atoms with Crippen LogP contribution in [0, 0.1) is 0 Å². The molecule has 0 saturated heterocycles. The molecule has 0 aliphatic rings. The van der Waals surface area contributed by atoms with Crippen molar-refractivity contribution in [3.05, 3.63) is 70.0 Å². The Hall–Kier alpha value is -3.02. The molecule has 3 rings (SSSR count). The number of hydrogen-bond acceptors (Lipinski definition) is 5. The maximum Gasteiger partial charge on any atom is 0.339 e. The van der Waals surface area contributed by atoms with Gasteiger partial charge in [-0.2, -0.15) is 4.68 Å². The van der Waals surface area contributed by atoms with Crippen molar-refractivity contribution in [2.75, 3.05) is 0 Å². The number of nitrogens with zero attached hydrogens (tertiary/aromatic N) is 3. The van der Waals surface area contributed by atoms with Crippen molar-refractivity contribution < 1.29 is 9.53 Å². The van der Waals surface area contributed by atoms with Gasteiger partial charge < -0.3 is 4.74 Å². The second kappa shape index (κ2) is 6.62. The molecule has 0 amide bonds. The fourth-order valence-electron chi connectivity index (χ4n) is 2.32. The van der Waals surface area contributed by atoms with Crippen LogP contribution >= 0.6 is 0 Å². The van der Waals surface area contributed by atoms with Crippen LogP contribution in [0.25, 0.3) is 10.9 Å². The molecule has 6 nitrogen and oxygen atoms in total. The van der Waals surface area contributed by atoms with Gasteiger partial charge in [0.05, 0.1) is 10.9 Å². The van der Waals surface area contributed by atoms with Gasteiger partial charge in [-0.05, 0) is 35.7 Å². The molecule has 0 unspecified atom stereocenters. The Morgan fingerprint density at radius 1 is 1.12 bits per heavy atom. The molecular formula is C18H17N3O3. The number of ether oxygens (including phenoxy) is 1. The van der Waals surface area contributed by atoms with E-state index in [2.05, 4.69) is 24.2 Å². The van der Waals surface area contributed by atoms with E-state index in [1.807, 2.05) is 12.1 Å². The molecule has 24 heavy (non-hydrogen) atoms. The van der Waals surface area contributed by atoms with Crippen LogP contribution in [0.3, 0.4) is 0 Å². The minimum Gasteiger partial charge on any atom is -0.439 e. The molecule has 0 N–H and O–H groups in total. The topological polar surface area (TPSA) is 74.1 Å². The molecule has 0 bridgehead atoms. The summed E-state index contributed by atoms with van der Waals surface area (Å²) in [6.07, 6.45) is 0. The molecule has 2 aromatic carbocycles. The third kappa shape index (κ3) is 3.17. The number of rotatable bonds is 4. The Bertz CT molecular complexity index is 930. The second-order valence-electron chi connectivity index (χ2n) is 5.75. The van der Waals surface area contributed by atoms with E-state index >= 15 is 0 Å². The highest BCUT2D eigenvalue weighted by atomic mass is 16.5. The smallest absolute Gasteiger partial charge is 0.339 e. The molecule has 0 fully saturated rings. The van der Waals surface area contributed by atoms with Gasteiger partial charge in [0.25, 0.3) is 5.56 Å². The molecule has 0 spiro atoms. The highest BCUT2D eigenvalue weighted by Crippen LogP contribution is 2.15. The summed E-state index contributed by atoms with van der Waals surface area (Å²) in [4.78, 5) is 24.4. The van der Waals surface area contributed by atoms with Gasteiger partial charge in [0.1, 0.15) is 5.52 Å². The van der Waals surface area contributed by atoms with Gasteiger partial charge in [0.15, 0.2) is 6.73 Å². The standard InChI is InChI=1S/C18H17N3O3/c1-12(2)13-7-9-14(10-8-13)18(23)24-11-21-17(22)15-5-3-4-6-16(15)19-20-21/h3-10,12H,11H2,1-2H3. The summed E-state index contributed by atoms with van der Waals surface area (Å²) in [6, 6.07) is 14.1. The van der Waals surface area contributed by atoms with E-state index in [0.717, 1.165) is 10.2 Å². The van der Waals surface area contributed by atoms with Crippen LogP contribution < -0.4 is 5.56 Å². The van der Waals surface area contributed by atoms with E-state index in [1.54, 1.807) is 36.4 Å². The van der Waals surface area contributed by atoms with Crippen molar-refractivity contribution in [3.8, 4) is 0 Å². The van der Waals surface area contributed by atoms with Crippen molar-refractivity contribution in [1.82, 2.24) is 15.0 Å². The summed E-state index contributed by atoms with van der Waals surface area (Å²) < 4.78 is 6.20. The lowest BCUT2D eigenvalue weighted by molar-refractivity contribution is 0.0336. The molecule has 0 saturated carbocycles. The normalized spacial score (nSPS) is 11.0. The molecule has 0 aliphatic carbocycles. The van der Waals surface area contributed by atoms with Gasteiger partial charge in [-0.1, -0.05) is 43.3 Å². The second-order valence-corrected chi connectivity index (χ2v) is 5.75. The molecule has 0 radical (unpaired) electrons. The first-order valence-electron chi connectivity index (χ1n) is 7.66. The number of fused-ring (bicyclic) bond motifs is 1. The summed E-state index contributed by atoms with van der Waals surface area (Å²) in [7, 11) is 0. The van der Waals surface area contributed by atoms with Gasteiger partial charge in [0.2, 0.25) is 0 Å². The predicted octanol–water partition coefficient (Wildman–Crippen LogP) is 2.73. The third-order valence-corrected chi connectivity index (χ3v) is 3.76. The molecular weight excluding hydrogens is 306 g/mol. The van der Waals surface area contributed by atoms with E-state index in [1.165, 1.54) is 0 Å². The fourth-order valence-corrected chi connectivity index (χ4v) is 2.32. The summed E-state index contributed by atoms with van der Waals surface area (Å²) in [5.41, 5.74) is 1.74. The summed E-state index contributed by atoms with van der Waals surface area (Å²) in [5, 5.41) is 8.17. The zero-order chi connectivity index (χ0) is 17.1.